The lowest BCUT2D eigenvalue weighted by Gasteiger charge is -2.23. The van der Waals surface area contributed by atoms with Crippen LogP contribution in [0, 0.1) is 0 Å². The number of ether oxygens (including phenoxy) is 2. The first kappa shape index (κ1) is 15.9. The molecule has 0 unspecified atom stereocenters. The second-order valence-electron chi connectivity index (χ2n) is 5.16. The quantitative estimate of drug-likeness (QED) is 0.846. The fourth-order valence-electron chi connectivity index (χ4n) is 2.41. The van der Waals surface area contributed by atoms with E-state index in [-0.39, 0.29) is 23.3 Å². The highest BCUT2D eigenvalue weighted by Gasteiger charge is 2.23. The predicted molar refractivity (Wildman–Crippen MR) is 79.7 cm³/mol. The summed E-state index contributed by atoms with van der Waals surface area (Å²) in [6, 6.07) is 3.67. The molecule has 0 radical (unpaired) electrons. The Morgan fingerprint density at radius 1 is 1.19 bits per heavy atom. The maximum Gasteiger partial charge on any atom is 0.200 e. The van der Waals surface area contributed by atoms with Crippen LogP contribution in [-0.2, 0) is 16.4 Å². The van der Waals surface area contributed by atoms with Crippen molar-refractivity contribution in [2.45, 2.75) is 25.4 Å². The number of phenolic OH excluding ortho intramolecular Hbond substituents is 1. The first-order chi connectivity index (χ1) is 9.95. The number of nitrogens with one attached hydrogen (secondary N) is 1. The van der Waals surface area contributed by atoms with Crippen molar-refractivity contribution in [1.29, 1.82) is 0 Å². The van der Waals surface area contributed by atoms with Gasteiger partial charge in [0.15, 0.2) is 11.5 Å². The third kappa shape index (κ3) is 4.01. The van der Waals surface area contributed by atoms with Gasteiger partial charge in [0.2, 0.25) is 5.75 Å². The number of phenols is 1. The van der Waals surface area contributed by atoms with Crippen LogP contribution in [0.25, 0.3) is 0 Å². The number of hydrogen-bond donors (Lipinski definition) is 2. The standard InChI is InChI=1S/C14H21NO5S/c1-19-12-7-10(8-13(20-2)14(12)16)9-15-11-3-5-21(17,18)6-4-11/h7-8,11,15-16H,3-6,9H2,1-2H3. The minimum atomic E-state index is -2.84. The van der Waals surface area contributed by atoms with Crippen molar-refractivity contribution in [3.8, 4) is 17.2 Å². The average molecular weight is 315 g/mol. The summed E-state index contributed by atoms with van der Waals surface area (Å²) in [5.41, 5.74) is 0.912. The van der Waals surface area contributed by atoms with E-state index in [0.29, 0.717) is 30.9 Å². The van der Waals surface area contributed by atoms with Crippen molar-refractivity contribution in [2.24, 2.45) is 0 Å². The van der Waals surface area contributed by atoms with Gasteiger partial charge >= 0.3 is 0 Å². The molecule has 1 aromatic rings. The van der Waals surface area contributed by atoms with Gasteiger partial charge in [0.25, 0.3) is 0 Å². The average Bonchev–Trinajstić information content (AvgIpc) is 2.47. The number of aromatic hydroxyl groups is 1. The van der Waals surface area contributed by atoms with Crippen molar-refractivity contribution in [2.75, 3.05) is 25.7 Å². The Bertz CT molecular complexity index is 560. The zero-order valence-corrected chi connectivity index (χ0v) is 13.1. The summed E-state index contributed by atoms with van der Waals surface area (Å²) < 4.78 is 33.0. The van der Waals surface area contributed by atoms with Gasteiger partial charge in [0.05, 0.1) is 25.7 Å². The lowest BCUT2D eigenvalue weighted by atomic mass is 10.1. The van der Waals surface area contributed by atoms with E-state index in [4.69, 9.17) is 9.47 Å². The topological polar surface area (TPSA) is 84.9 Å². The van der Waals surface area contributed by atoms with Crippen LogP contribution in [0.4, 0.5) is 0 Å². The van der Waals surface area contributed by atoms with Crippen LogP contribution < -0.4 is 14.8 Å². The highest BCUT2D eigenvalue weighted by Crippen LogP contribution is 2.37. The molecule has 1 fully saturated rings. The van der Waals surface area contributed by atoms with E-state index >= 15 is 0 Å². The first-order valence-electron chi connectivity index (χ1n) is 6.83. The molecule has 1 saturated heterocycles. The zero-order valence-electron chi connectivity index (χ0n) is 12.3. The van der Waals surface area contributed by atoms with Crippen LogP contribution >= 0.6 is 0 Å². The van der Waals surface area contributed by atoms with Crippen LogP contribution in [0.1, 0.15) is 18.4 Å². The normalized spacial score (nSPS) is 18.4. The largest absolute Gasteiger partial charge is 0.502 e. The third-order valence-electron chi connectivity index (χ3n) is 3.69. The minimum absolute atomic E-state index is 0.0208. The van der Waals surface area contributed by atoms with Gasteiger partial charge in [0.1, 0.15) is 9.84 Å². The molecule has 1 aromatic carbocycles. The first-order valence-corrected chi connectivity index (χ1v) is 8.65. The van der Waals surface area contributed by atoms with E-state index in [1.54, 1.807) is 12.1 Å². The minimum Gasteiger partial charge on any atom is -0.502 e. The highest BCUT2D eigenvalue weighted by molar-refractivity contribution is 7.91. The molecular formula is C14H21NO5S. The molecule has 21 heavy (non-hydrogen) atoms. The molecule has 0 aliphatic carbocycles. The summed E-state index contributed by atoms with van der Waals surface area (Å²) >= 11 is 0. The fraction of sp³-hybridized carbons (Fsp3) is 0.571. The Morgan fingerprint density at radius 3 is 2.19 bits per heavy atom. The van der Waals surface area contributed by atoms with Gasteiger partial charge in [-0.2, -0.15) is 0 Å². The lowest BCUT2D eigenvalue weighted by molar-refractivity contribution is 0.338. The van der Waals surface area contributed by atoms with Gasteiger partial charge in [-0.15, -0.1) is 0 Å². The molecule has 118 valence electrons. The van der Waals surface area contributed by atoms with Crippen molar-refractivity contribution < 1.29 is 23.0 Å². The molecule has 0 bridgehead atoms. The number of sulfone groups is 1. The van der Waals surface area contributed by atoms with Gasteiger partial charge in [0, 0.05) is 12.6 Å². The lowest BCUT2D eigenvalue weighted by Crippen LogP contribution is -2.37. The summed E-state index contributed by atoms with van der Waals surface area (Å²) in [6.07, 6.45) is 1.27. The van der Waals surface area contributed by atoms with E-state index in [9.17, 15) is 13.5 Å². The van der Waals surface area contributed by atoms with Crippen LogP contribution in [0.5, 0.6) is 17.2 Å². The van der Waals surface area contributed by atoms with Gasteiger partial charge in [-0.05, 0) is 30.5 Å². The van der Waals surface area contributed by atoms with Crippen LogP contribution in [0.15, 0.2) is 12.1 Å². The van der Waals surface area contributed by atoms with E-state index in [2.05, 4.69) is 5.32 Å². The van der Waals surface area contributed by atoms with Crippen molar-refractivity contribution in [1.82, 2.24) is 5.32 Å². The molecular weight excluding hydrogens is 294 g/mol. The summed E-state index contributed by atoms with van der Waals surface area (Å²) in [6.45, 7) is 0.567. The maximum absolute atomic E-state index is 11.4. The molecule has 0 amide bonds. The van der Waals surface area contributed by atoms with Crippen LogP contribution in [0.3, 0.4) is 0 Å². The van der Waals surface area contributed by atoms with Gasteiger partial charge < -0.3 is 19.9 Å². The van der Waals surface area contributed by atoms with Crippen molar-refractivity contribution in [3.63, 3.8) is 0 Å². The fourth-order valence-corrected chi connectivity index (χ4v) is 3.90. The van der Waals surface area contributed by atoms with Gasteiger partial charge in [-0.25, -0.2) is 8.42 Å². The molecule has 7 heteroatoms. The molecule has 2 N–H and O–H groups in total. The van der Waals surface area contributed by atoms with Crippen LogP contribution in [-0.4, -0.2) is 45.3 Å². The summed E-state index contributed by atoms with van der Waals surface area (Å²) in [7, 11) is 0.129. The second-order valence-corrected chi connectivity index (χ2v) is 7.46. The van der Waals surface area contributed by atoms with Crippen molar-refractivity contribution >= 4 is 9.84 Å². The van der Waals surface area contributed by atoms with Crippen LogP contribution in [0.2, 0.25) is 0 Å². The van der Waals surface area contributed by atoms with E-state index in [1.807, 2.05) is 0 Å². The number of benzene rings is 1. The molecule has 2 rings (SSSR count). The molecule has 1 aliphatic rings. The molecule has 0 spiro atoms. The maximum atomic E-state index is 11.4. The molecule has 0 saturated carbocycles. The third-order valence-corrected chi connectivity index (χ3v) is 5.40. The Balaban J connectivity index is 2.00. The summed E-state index contributed by atoms with van der Waals surface area (Å²) in [5.74, 6) is 1.18. The summed E-state index contributed by atoms with van der Waals surface area (Å²) in [5, 5.41) is 13.2. The Labute approximate surface area is 125 Å². The molecule has 1 heterocycles. The number of hydrogen-bond acceptors (Lipinski definition) is 6. The van der Waals surface area contributed by atoms with Gasteiger partial charge in [-0.3, -0.25) is 0 Å². The number of rotatable bonds is 5. The van der Waals surface area contributed by atoms with E-state index in [1.165, 1.54) is 14.2 Å². The van der Waals surface area contributed by atoms with E-state index in [0.717, 1.165) is 5.56 Å². The Morgan fingerprint density at radius 2 is 1.71 bits per heavy atom. The molecule has 0 aromatic heterocycles. The monoisotopic (exact) mass is 315 g/mol. The Kier molecular flexibility index (Phi) is 4.95. The molecule has 6 nitrogen and oxygen atoms in total. The van der Waals surface area contributed by atoms with E-state index < -0.39 is 9.84 Å². The number of methoxy groups -OCH3 is 2. The SMILES string of the molecule is COc1cc(CNC2CCS(=O)(=O)CC2)cc(OC)c1O. The zero-order chi connectivity index (χ0) is 15.5. The Hall–Kier alpha value is -1.47. The highest BCUT2D eigenvalue weighted by atomic mass is 32.2. The molecule has 1 aliphatic heterocycles. The smallest absolute Gasteiger partial charge is 0.200 e. The molecule has 0 atom stereocenters. The predicted octanol–water partition coefficient (Wildman–Crippen LogP) is 1.08. The second kappa shape index (κ2) is 6.53. The van der Waals surface area contributed by atoms with Crippen molar-refractivity contribution in [3.05, 3.63) is 17.7 Å². The summed E-state index contributed by atoms with van der Waals surface area (Å²) in [4.78, 5) is 0. The van der Waals surface area contributed by atoms with Gasteiger partial charge in [-0.1, -0.05) is 0 Å².